The first-order valence-electron chi connectivity index (χ1n) is 5.30. The maximum Gasteiger partial charge on any atom is 0.129 e. The molecule has 1 aromatic rings. The molecule has 16 heavy (non-hydrogen) atoms. The molecule has 0 saturated carbocycles. The Morgan fingerprint density at radius 3 is 2.25 bits per heavy atom. The van der Waals surface area contributed by atoms with E-state index in [9.17, 15) is 5.11 Å². The Labute approximate surface area is 103 Å². The first kappa shape index (κ1) is 13.3. The number of hydrogen-bond acceptors (Lipinski definition) is 1. The van der Waals surface area contributed by atoms with Gasteiger partial charge in [-0.15, -0.1) is 17.1 Å². The van der Waals surface area contributed by atoms with Crippen molar-refractivity contribution in [3.8, 4) is 11.5 Å². The van der Waals surface area contributed by atoms with Crippen molar-refractivity contribution in [2.75, 3.05) is 0 Å². The van der Waals surface area contributed by atoms with Gasteiger partial charge in [-0.05, 0) is 5.56 Å². The van der Waals surface area contributed by atoms with E-state index in [1.54, 1.807) is 0 Å². The lowest BCUT2D eigenvalue weighted by molar-refractivity contribution is 0.187. The molecule has 0 aromatic heterocycles. The van der Waals surface area contributed by atoms with Crippen LogP contribution in [0, 0.1) is 11.5 Å². The summed E-state index contributed by atoms with van der Waals surface area (Å²) in [6, 6.07) is 9.39. The lowest BCUT2D eigenvalue weighted by atomic mass is 10.1. The van der Waals surface area contributed by atoms with E-state index < -0.39 is 19.6 Å². The van der Waals surface area contributed by atoms with Gasteiger partial charge in [-0.3, -0.25) is 0 Å². The van der Waals surface area contributed by atoms with E-state index in [0.717, 1.165) is 5.56 Å². The second-order valence-electron chi connectivity index (χ2n) is 4.78. The molecule has 0 aliphatic heterocycles. The molecule has 0 saturated heterocycles. The molecule has 1 N–H and O–H groups in total. The predicted octanol–water partition coefficient (Wildman–Crippen LogP) is 3.21. The van der Waals surface area contributed by atoms with Gasteiger partial charge in [-0.1, -0.05) is 55.9 Å². The van der Waals surface area contributed by atoms with Gasteiger partial charge in [0, 0.05) is 0 Å². The minimum absolute atomic E-state index is 0.533. The molecule has 0 unspecified atom stereocenters. The van der Waals surface area contributed by atoms with Crippen molar-refractivity contribution in [3.63, 3.8) is 0 Å². The van der Waals surface area contributed by atoms with Crippen molar-refractivity contribution in [2.24, 2.45) is 0 Å². The number of halogens is 1. The Hall–Kier alpha value is -0.753. The normalized spacial score (nSPS) is 14.8. The molecule has 2 atom stereocenters. The largest absolute Gasteiger partial charge is 0.386 e. The maximum absolute atomic E-state index is 9.97. The quantitative estimate of drug-likeness (QED) is 0.487. The van der Waals surface area contributed by atoms with Crippen molar-refractivity contribution in [1.82, 2.24) is 0 Å². The summed E-state index contributed by atoms with van der Waals surface area (Å²) in [4.78, 5) is 0. The molecule has 1 rings (SSSR count). The summed E-state index contributed by atoms with van der Waals surface area (Å²) in [5, 5.41) is 9.43. The van der Waals surface area contributed by atoms with Gasteiger partial charge in [0.25, 0.3) is 0 Å². The van der Waals surface area contributed by atoms with E-state index in [4.69, 9.17) is 11.6 Å². The average molecular weight is 253 g/mol. The average Bonchev–Trinajstić information content (AvgIpc) is 2.25. The Morgan fingerprint density at radius 2 is 1.75 bits per heavy atom. The molecular formula is C13H17ClOSi. The third kappa shape index (κ3) is 4.40. The van der Waals surface area contributed by atoms with Crippen LogP contribution in [0.2, 0.25) is 19.6 Å². The zero-order valence-corrected chi connectivity index (χ0v) is 11.6. The highest BCUT2D eigenvalue weighted by Gasteiger charge is 2.16. The van der Waals surface area contributed by atoms with E-state index in [0.29, 0.717) is 0 Å². The predicted molar refractivity (Wildman–Crippen MR) is 72.2 cm³/mol. The molecule has 0 radical (unpaired) electrons. The molecule has 0 fully saturated rings. The van der Waals surface area contributed by atoms with E-state index in [-0.39, 0.29) is 0 Å². The van der Waals surface area contributed by atoms with Crippen LogP contribution in [0.5, 0.6) is 0 Å². The number of aliphatic hydroxyl groups is 1. The minimum Gasteiger partial charge on any atom is -0.386 e. The molecular weight excluding hydrogens is 236 g/mol. The summed E-state index contributed by atoms with van der Waals surface area (Å²) in [6.07, 6.45) is -0.716. The fourth-order valence-corrected chi connectivity index (χ4v) is 2.06. The minimum atomic E-state index is -1.42. The topological polar surface area (TPSA) is 20.2 Å². The summed E-state index contributed by atoms with van der Waals surface area (Å²) >= 11 is 6.07. The van der Waals surface area contributed by atoms with Crippen LogP contribution in [0.1, 0.15) is 11.7 Å². The highest BCUT2D eigenvalue weighted by Crippen LogP contribution is 2.20. The molecule has 1 aromatic carbocycles. The zero-order chi connectivity index (χ0) is 12.2. The smallest absolute Gasteiger partial charge is 0.129 e. The molecule has 0 aliphatic carbocycles. The summed E-state index contributed by atoms with van der Waals surface area (Å²) in [5.41, 5.74) is 3.98. The fraction of sp³-hybridized carbons (Fsp3) is 0.385. The molecule has 3 heteroatoms. The highest BCUT2D eigenvalue weighted by molar-refractivity contribution is 6.83. The number of alkyl halides is 1. The number of hydrogen-bond donors (Lipinski definition) is 1. The van der Waals surface area contributed by atoms with Crippen LogP contribution in [0.4, 0.5) is 0 Å². The molecule has 0 amide bonds. The third-order valence-corrected chi connectivity index (χ3v) is 3.25. The Kier molecular flexibility index (Phi) is 4.61. The van der Waals surface area contributed by atoms with E-state index in [2.05, 4.69) is 31.1 Å². The lowest BCUT2D eigenvalue weighted by Crippen LogP contribution is -2.18. The van der Waals surface area contributed by atoms with Gasteiger partial charge in [-0.25, -0.2) is 0 Å². The maximum atomic E-state index is 9.97. The van der Waals surface area contributed by atoms with Crippen LogP contribution in [-0.4, -0.2) is 18.6 Å². The van der Waals surface area contributed by atoms with Crippen molar-refractivity contribution in [2.45, 2.75) is 31.1 Å². The molecule has 0 spiro atoms. The van der Waals surface area contributed by atoms with Gasteiger partial charge < -0.3 is 5.11 Å². The molecule has 0 heterocycles. The van der Waals surface area contributed by atoms with Crippen molar-refractivity contribution >= 4 is 19.7 Å². The molecule has 0 aliphatic rings. The number of rotatable bonds is 2. The first-order chi connectivity index (χ1) is 7.40. The van der Waals surface area contributed by atoms with Crippen molar-refractivity contribution < 1.29 is 5.11 Å². The second-order valence-corrected chi connectivity index (χ2v) is 10.00. The number of aliphatic hydroxyl groups excluding tert-OH is 1. The Bertz CT molecular complexity index is 386. The van der Waals surface area contributed by atoms with Crippen LogP contribution < -0.4 is 0 Å². The van der Waals surface area contributed by atoms with E-state index >= 15 is 0 Å². The van der Waals surface area contributed by atoms with Crippen LogP contribution in [0.25, 0.3) is 0 Å². The first-order valence-corrected chi connectivity index (χ1v) is 9.23. The lowest BCUT2D eigenvalue weighted by Gasteiger charge is -2.13. The Balaban J connectivity index is 2.75. The highest BCUT2D eigenvalue weighted by atomic mass is 35.5. The summed E-state index contributed by atoms with van der Waals surface area (Å²) in [5.74, 6) is 2.95. The Morgan fingerprint density at radius 1 is 1.19 bits per heavy atom. The zero-order valence-electron chi connectivity index (χ0n) is 9.87. The third-order valence-electron chi connectivity index (χ3n) is 2.00. The fourth-order valence-electron chi connectivity index (χ4n) is 1.18. The molecule has 0 bridgehead atoms. The summed E-state index contributed by atoms with van der Waals surface area (Å²) in [7, 11) is -1.42. The van der Waals surface area contributed by atoms with Gasteiger partial charge in [0.1, 0.15) is 19.6 Å². The van der Waals surface area contributed by atoms with Crippen LogP contribution in [-0.2, 0) is 0 Å². The van der Waals surface area contributed by atoms with Gasteiger partial charge in [0.05, 0.1) is 0 Å². The number of benzene rings is 1. The SMILES string of the molecule is C[Si](C)(C)C#C[C@H](Cl)[C@H](O)c1ccccc1. The van der Waals surface area contributed by atoms with Gasteiger partial charge >= 0.3 is 0 Å². The van der Waals surface area contributed by atoms with E-state index in [1.807, 2.05) is 30.3 Å². The van der Waals surface area contributed by atoms with Crippen molar-refractivity contribution in [3.05, 3.63) is 35.9 Å². The van der Waals surface area contributed by atoms with Gasteiger partial charge in [0.15, 0.2) is 0 Å². The molecule has 1 nitrogen and oxygen atoms in total. The second kappa shape index (κ2) is 5.54. The van der Waals surface area contributed by atoms with Crippen LogP contribution in [0.15, 0.2) is 30.3 Å². The van der Waals surface area contributed by atoms with Crippen molar-refractivity contribution in [1.29, 1.82) is 0 Å². The monoisotopic (exact) mass is 252 g/mol. The molecule has 86 valence electrons. The van der Waals surface area contributed by atoms with Gasteiger partial charge in [-0.2, -0.15) is 0 Å². The summed E-state index contributed by atoms with van der Waals surface area (Å²) in [6.45, 7) is 6.45. The summed E-state index contributed by atoms with van der Waals surface area (Å²) < 4.78 is 0. The van der Waals surface area contributed by atoms with Crippen LogP contribution in [0.3, 0.4) is 0 Å². The van der Waals surface area contributed by atoms with Gasteiger partial charge in [0.2, 0.25) is 0 Å². The van der Waals surface area contributed by atoms with Crippen LogP contribution >= 0.6 is 11.6 Å². The van der Waals surface area contributed by atoms with E-state index in [1.165, 1.54) is 0 Å². The standard InChI is InChI=1S/C13H17ClOSi/c1-16(2,3)10-9-12(14)13(15)11-7-5-4-6-8-11/h4-8,12-13,15H,1-3H3/t12-,13+/m0/s1.